The second-order valence-corrected chi connectivity index (χ2v) is 6.74. The molecule has 0 aromatic heterocycles. The van der Waals surface area contributed by atoms with Crippen LogP contribution in [0.15, 0.2) is 54.6 Å². The molecule has 0 saturated carbocycles. The van der Waals surface area contributed by atoms with Gasteiger partial charge in [-0.05, 0) is 26.0 Å². The number of anilines is 1. The summed E-state index contributed by atoms with van der Waals surface area (Å²) in [5, 5.41) is 2.90. The molecule has 1 heterocycles. The number of nitrogens with one attached hydrogen (secondary N) is 1. The van der Waals surface area contributed by atoms with Crippen molar-refractivity contribution in [2.75, 3.05) is 25.0 Å². The number of benzene rings is 2. The molecule has 1 saturated heterocycles. The van der Waals surface area contributed by atoms with Crippen molar-refractivity contribution in [3.05, 3.63) is 65.7 Å². The SMILES string of the molecule is C[C@@H]1CN(CC(=O)Nc2ccccc2C(=O)c2ccccc2)C[C@@H](C)O1. The maximum absolute atomic E-state index is 12.7. The molecule has 26 heavy (non-hydrogen) atoms. The third-order valence-corrected chi connectivity index (χ3v) is 4.34. The summed E-state index contributed by atoms with van der Waals surface area (Å²) in [5.41, 5.74) is 1.64. The average molecular weight is 352 g/mol. The molecule has 0 unspecified atom stereocenters. The van der Waals surface area contributed by atoms with E-state index in [4.69, 9.17) is 4.74 Å². The van der Waals surface area contributed by atoms with Crippen LogP contribution in [0, 0.1) is 0 Å². The van der Waals surface area contributed by atoms with E-state index in [1.165, 1.54) is 0 Å². The van der Waals surface area contributed by atoms with Gasteiger partial charge in [0.1, 0.15) is 0 Å². The topological polar surface area (TPSA) is 58.6 Å². The number of para-hydroxylation sites is 1. The van der Waals surface area contributed by atoms with Crippen molar-refractivity contribution in [1.29, 1.82) is 0 Å². The molecule has 136 valence electrons. The van der Waals surface area contributed by atoms with Gasteiger partial charge in [0.25, 0.3) is 0 Å². The summed E-state index contributed by atoms with van der Waals surface area (Å²) in [6, 6.07) is 16.2. The van der Waals surface area contributed by atoms with Gasteiger partial charge in [-0.25, -0.2) is 0 Å². The molecular weight excluding hydrogens is 328 g/mol. The molecule has 0 spiro atoms. The summed E-state index contributed by atoms with van der Waals surface area (Å²) in [7, 11) is 0. The van der Waals surface area contributed by atoms with Gasteiger partial charge in [0, 0.05) is 24.2 Å². The second kappa shape index (κ2) is 8.25. The van der Waals surface area contributed by atoms with Gasteiger partial charge in [0.15, 0.2) is 5.78 Å². The fourth-order valence-corrected chi connectivity index (χ4v) is 3.34. The van der Waals surface area contributed by atoms with Crippen LogP contribution in [0.2, 0.25) is 0 Å². The Hall–Kier alpha value is -2.50. The minimum Gasteiger partial charge on any atom is -0.373 e. The van der Waals surface area contributed by atoms with Crippen molar-refractivity contribution >= 4 is 17.4 Å². The highest BCUT2D eigenvalue weighted by molar-refractivity contribution is 6.13. The number of nitrogens with zero attached hydrogens (tertiary/aromatic N) is 1. The standard InChI is InChI=1S/C21H24N2O3/c1-15-12-23(13-16(2)26-15)14-20(24)22-19-11-7-6-10-18(19)21(25)17-8-4-3-5-9-17/h3-11,15-16H,12-14H2,1-2H3,(H,22,24)/t15-,16-/m1/s1. The molecule has 1 aliphatic rings. The molecule has 2 atom stereocenters. The minimum absolute atomic E-state index is 0.102. The summed E-state index contributed by atoms with van der Waals surface area (Å²) in [5.74, 6) is -0.227. The second-order valence-electron chi connectivity index (χ2n) is 6.74. The number of ether oxygens (including phenoxy) is 1. The van der Waals surface area contributed by atoms with Crippen LogP contribution in [0.5, 0.6) is 0 Å². The van der Waals surface area contributed by atoms with Crippen molar-refractivity contribution in [2.24, 2.45) is 0 Å². The molecule has 5 heteroatoms. The van der Waals surface area contributed by atoms with Gasteiger partial charge in [-0.15, -0.1) is 0 Å². The van der Waals surface area contributed by atoms with Crippen LogP contribution in [0.4, 0.5) is 5.69 Å². The molecule has 0 aliphatic carbocycles. The van der Waals surface area contributed by atoms with Crippen LogP contribution in [-0.4, -0.2) is 48.4 Å². The molecule has 2 aromatic rings. The van der Waals surface area contributed by atoms with Gasteiger partial charge in [-0.2, -0.15) is 0 Å². The van der Waals surface area contributed by atoms with Gasteiger partial charge in [-0.3, -0.25) is 14.5 Å². The van der Waals surface area contributed by atoms with E-state index in [1.807, 2.05) is 38.1 Å². The Bertz CT molecular complexity index is 766. The third-order valence-electron chi connectivity index (χ3n) is 4.34. The Morgan fingerprint density at radius 2 is 1.62 bits per heavy atom. The molecule has 1 amide bonds. The zero-order valence-corrected chi connectivity index (χ0v) is 15.1. The first-order valence-corrected chi connectivity index (χ1v) is 8.89. The Kier molecular flexibility index (Phi) is 5.81. The fraction of sp³-hybridized carbons (Fsp3) is 0.333. The molecule has 1 fully saturated rings. The number of carbonyl (C=O) groups excluding carboxylic acids is 2. The zero-order valence-electron chi connectivity index (χ0n) is 15.1. The maximum Gasteiger partial charge on any atom is 0.238 e. The smallest absolute Gasteiger partial charge is 0.238 e. The summed E-state index contributed by atoms with van der Waals surface area (Å²) < 4.78 is 5.70. The largest absolute Gasteiger partial charge is 0.373 e. The lowest BCUT2D eigenvalue weighted by Gasteiger charge is -2.34. The number of carbonyl (C=O) groups is 2. The van der Waals surface area contributed by atoms with Crippen LogP contribution in [0.1, 0.15) is 29.8 Å². The molecule has 3 rings (SSSR count). The highest BCUT2D eigenvalue weighted by Gasteiger charge is 2.24. The van der Waals surface area contributed by atoms with Crippen LogP contribution >= 0.6 is 0 Å². The normalized spacial score (nSPS) is 20.5. The Morgan fingerprint density at radius 3 is 2.31 bits per heavy atom. The number of hydrogen-bond acceptors (Lipinski definition) is 4. The average Bonchev–Trinajstić information content (AvgIpc) is 2.61. The van der Waals surface area contributed by atoms with Gasteiger partial charge in [0.05, 0.1) is 24.4 Å². The van der Waals surface area contributed by atoms with Crippen molar-refractivity contribution in [3.63, 3.8) is 0 Å². The summed E-state index contributed by atoms with van der Waals surface area (Å²) in [6.07, 6.45) is 0.219. The lowest BCUT2D eigenvalue weighted by atomic mass is 10.0. The Balaban J connectivity index is 1.70. The van der Waals surface area contributed by atoms with E-state index < -0.39 is 0 Å². The number of ketones is 1. The predicted octanol–water partition coefficient (Wildman–Crippen LogP) is 2.97. The van der Waals surface area contributed by atoms with E-state index in [1.54, 1.807) is 30.3 Å². The van der Waals surface area contributed by atoms with E-state index in [-0.39, 0.29) is 30.4 Å². The van der Waals surface area contributed by atoms with E-state index in [9.17, 15) is 9.59 Å². The van der Waals surface area contributed by atoms with Crippen LogP contribution in [-0.2, 0) is 9.53 Å². The lowest BCUT2D eigenvalue weighted by Crippen LogP contribution is -2.48. The molecule has 1 N–H and O–H groups in total. The first kappa shape index (κ1) is 18.3. The molecule has 1 aliphatic heterocycles. The van der Waals surface area contributed by atoms with Crippen LogP contribution in [0.3, 0.4) is 0 Å². The van der Waals surface area contributed by atoms with Crippen molar-refractivity contribution in [2.45, 2.75) is 26.1 Å². The van der Waals surface area contributed by atoms with Crippen LogP contribution in [0.25, 0.3) is 0 Å². The first-order valence-electron chi connectivity index (χ1n) is 8.89. The molecular formula is C21H24N2O3. The maximum atomic E-state index is 12.7. The Labute approximate surface area is 154 Å². The number of amides is 1. The van der Waals surface area contributed by atoms with E-state index in [2.05, 4.69) is 10.2 Å². The number of hydrogen-bond donors (Lipinski definition) is 1. The summed E-state index contributed by atoms with van der Waals surface area (Å²) in [6.45, 7) is 5.75. The Morgan fingerprint density at radius 1 is 1.00 bits per heavy atom. The monoisotopic (exact) mass is 352 g/mol. The van der Waals surface area contributed by atoms with Crippen LogP contribution < -0.4 is 5.32 Å². The van der Waals surface area contributed by atoms with E-state index in [0.29, 0.717) is 16.8 Å². The zero-order chi connectivity index (χ0) is 18.5. The van der Waals surface area contributed by atoms with Gasteiger partial charge in [-0.1, -0.05) is 42.5 Å². The fourth-order valence-electron chi connectivity index (χ4n) is 3.34. The molecule has 0 radical (unpaired) electrons. The summed E-state index contributed by atoms with van der Waals surface area (Å²) >= 11 is 0. The number of morpholine rings is 1. The predicted molar refractivity (Wildman–Crippen MR) is 101 cm³/mol. The van der Waals surface area contributed by atoms with Gasteiger partial charge in [0.2, 0.25) is 5.91 Å². The first-order chi connectivity index (χ1) is 12.5. The minimum atomic E-state index is -0.125. The van der Waals surface area contributed by atoms with Crippen molar-refractivity contribution < 1.29 is 14.3 Å². The highest BCUT2D eigenvalue weighted by Crippen LogP contribution is 2.19. The van der Waals surface area contributed by atoms with Gasteiger partial charge >= 0.3 is 0 Å². The number of rotatable bonds is 5. The molecule has 0 bridgehead atoms. The molecule has 5 nitrogen and oxygen atoms in total. The van der Waals surface area contributed by atoms with E-state index in [0.717, 1.165) is 13.1 Å². The van der Waals surface area contributed by atoms with E-state index >= 15 is 0 Å². The van der Waals surface area contributed by atoms with Gasteiger partial charge < -0.3 is 10.1 Å². The molecule has 2 aromatic carbocycles. The quantitative estimate of drug-likeness (QED) is 0.841. The summed E-state index contributed by atoms with van der Waals surface area (Å²) in [4.78, 5) is 27.3. The lowest BCUT2D eigenvalue weighted by molar-refractivity contribution is -0.121. The highest BCUT2D eigenvalue weighted by atomic mass is 16.5. The van der Waals surface area contributed by atoms with Crippen molar-refractivity contribution in [1.82, 2.24) is 4.90 Å². The van der Waals surface area contributed by atoms with Crippen molar-refractivity contribution in [3.8, 4) is 0 Å². The third kappa shape index (κ3) is 4.56.